The van der Waals surface area contributed by atoms with Crippen molar-refractivity contribution in [2.45, 2.75) is 108 Å². The molecule has 0 amide bonds. The Labute approximate surface area is 216 Å². The van der Waals surface area contributed by atoms with Gasteiger partial charge in [0.25, 0.3) is 0 Å². The largest absolute Gasteiger partial charge is 0.394 e. The Morgan fingerprint density at radius 3 is 1.64 bits per heavy atom. The predicted molar refractivity (Wildman–Crippen MR) is 143 cm³/mol. The van der Waals surface area contributed by atoms with E-state index in [1.807, 2.05) is 42.5 Å². The normalized spacial score (nSPS) is 17.7. The lowest BCUT2D eigenvalue weighted by molar-refractivity contribution is -0.229. The minimum Gasteiger partial charge on any atom is -0.394 e. The van der Waals surface area contributed by atoms with Crippen molar-refractivity contribution in [3.05, 3.63) is 70.8 Å². The molecule has 2 aromatic rings. The lowest BCUT2D eigenvalue weighted by atomic mass is 9.72. The summed E-state index contributed by atoms with van der Waals surface area (Å²) in [7, 11) is 0. The van der Waals surface area contributed by atoms with Crippen LogP contribution in [0.3, 0.4) is 0 Å². The van der Waals surface area contributed by atoms with E-state index in [1.54, 1.807) is 13.0 Å². The summed E-state index contributed by atoms with van der Waals surface area (Å²) < 4.78 is 0. The smallest absolute Gasteiger partial charge is 0.126 e. The molecule has 0 saturated heterocycles. The third-order valence-electron chi connectivity index (χ3n) is 7.28. The molecule has 0 aliphatic carbocycles. The molecule has 1 unspecified atom stereocenters. The molecular formula is C30H46O6. The molecule has 6 N–H and O–H groups in total. The monoisotopic (exact) mass is 502 g/mol. The van der Waals surface area contributed by atoms with Crippen molar-refractivity contribution >= 4 is 0 Å². The van der Waals surface area contributed by atoms with Crippen LogP contribution in [0.2, 0.25) is 0 Å². The molecule has 0 aromatic heterocycles. The number of aliphatic hydroxyl groups excluding tert-OH is 4. The Kier molecular flexibility index (Phi) is 12.0. The molecule has 0 saturated carbocycles. The second kappa shape index (κ2) is 14.2. The zero-order valence-corrected chi connectivity index (χ0v) is 22.1. The molecule has 0 spiro atoms. The maximum atomic E-state index is 11.8. The number of hydrogen-bond donors (Lipinski definition) is 6. The van der Waals surface area contributed by atoms with Crippen molar-refractivity contribution in [2.75, 3.05) is 6.61 Å². The number of aliphatic hydroxyl groups is 6. The summed E-state index contributed by atoms with van der Waals surface area (Å²) >= 11 is 0. The highest BCUT2D eigenvalue weighted by Crippen LogP contribution is 2.34. The first-order chi connectivity index (χ1) is 17.1. The Bertz CT molecular complexity index is 918. The van der Waals surface area contributed by atoms with E-state index in [2.05, 4.69) is 13.8 Å². The van der Waals surface area contributed by atoms with Crippen LogP contribution in [-0.4, -0.2) is 66.8 Å². The maximum absolute atomic E-state index is 11.8. The van der Waals surface area contributed by atoms with Crippen LogP contribution in [0.15, 0.2) is 48.5 Å². The van der Waals surface area contributed by atoms with Gasteiger partial charge in [-0.15, -0.1) is 0 Å². The van der Waals surface area contributed by atoms with E-state index in [4.69, 9.17) is 0 Å². The average molecular weight is 503 g/mol. The highest BCUT2D eigenvalue weighted by Gasteiger charge is 2.53. The van der Waals surface area contributed by atoms with Gasteiger partial charge in [-0.05, 0) is 54.4 Å². The van der Waals surface area contributed by atoms with Gasteiger partial charge in [0, 0.05) is 12.8 Å². The van der Waals surface area contributed by atoms with Crippen molar-refractivity contribution in [3.8, 4) is 0 Å². The molecule has 0 radical (unpaired) electrons. The maximum Gasteiger partial charge on any atom is 0.126 e. The van der Waals surface area contributed by atoms with Gasteiger partial charge in [0.2, 0.25) is 0 Å². The molecule has 0 heterocycles. The number of benzene rings is 2. The fourth-order valence-corrected chi connectivity index (χ4v) is 4.91. The first kappa shape index (κ1) is 30.4. The van der Waals surface area contributed by atoms with Gasteiger partial charge < -0.3 is 30.6 Å². The summed E-state index contributed by atoms with van der Waals surface area (Å²) in [6, 6.07) is 15.4. The van der Waals surface area contributed by atoms with Crippen LogP contribution >= 0.6 is 0 Å². The van der Waals surface area contributed by atoms with Crippen molar-refractivity contribution in [3.63, 3.8) is 0 Å². The van der Waals surface area contributed by atoms with Crippen molar-refractivity contribution in [2.24, 2.45) is 0 Å². The molecule has 0 bridgehead atoms. The van der Waals surface area contributed by atoms with E-state index in [1.165, 1.54) is 0 Å². The van der Waals surface area contributed by atoms with Crippen molar-refractivity contribution in [1.29, 1.82) is 0 Å². The first-order valence-corrected chi connectivity index (χ1v) is 13.4. The quantitative estimate of drug-likeness (QED) is 0.210. The molecule has 0 fully saturated rings. The molecule has 6 heteroatoms. The van der Waals surface area contributed by atoms with Gasteiger partial charge in [0.1, 0.15) is 23.9 Å². The summed E-state index contributed by atoms with van der Waals surface area (Å²) in [4.78, 5) is 0. The summed E-state index contributed by atoms with van der Waals surface area (Å²) in [5.41, 5.74) is -0.415. The first-order valence-electron chi connectivity index (χ1n) is 13.4. The number of hydrogen-bond acceptors (Lipinski definition) is 6. The lowest BCUT2D eigenvalue weighted by Gasteiger charge is -2.46. The zero-order chi connectivity index (χ0) is 26.8. The van der Waals surface area contributed by atoms with E-state index >= 15 is 0 Å². The van der Waals surface area contributed by atoms with Gasteiger partial charge in [0.05, 0.1) is 12.2 Å². The molecule has 5 atom stereocenters. The van der Waals surface area contributed by atoms with E-state index in [0.29, 0.717) is 5.56 Å². The fourth-order valence-electron chi connectivity index (χ4n) is 4.91. The summed E-state index contributed by atoms with van der Waals surface area (Å²) in [5, 5.41) is 65.5. The van der Waals surface area contributed by atoms with Gasteiger partial charge in [-0.2, -0.15) is 0 Å². The molecule has 2 rings (SSSR count). The Hall–Kier alpha value is -1.80. The van der Waals surface area contributed by atoms with Crippen LogP contribution in [-0.2, 0) is 25.7 Å². The molecule has 0 aliphatic rings. The minimum absolute atomic E-state index is 0.0609. The third-order valence-corrected chi connectivity index (χ3v) is 7.28. The van der Waals surface area contributed by atoms with E-state index in [-0.39, 0.29) is 19.3 Å². The second-order valence-electron chi connectivity index (χ2n) is 10.2. The van der Waals surface area contributed by atoms with Crippen LogP contribution < -0.4 is 0 Å². The Morgan fingerprint density at radius 1 is 0.722 bits per heavy atom. The summed E-state index contributed by atoms with van der Waals surface area (Å²) in [5.74, 6) is 0. The van der Waals surface area contributed by atoms with Crippen LogP contribution in [0.4, 0.5) is 0 Å². The summed E-state index contributed by atoms with van der Waals surface area (Å²) in [6.07, 6.45) is 0.531. The standard InChI is InChI=1S/C30H46O6/c1-4-7-11-22-13-9-15-24(17-22)19-29(35,6-3)28(34)30(36,27(33)26(32)21-31)20-25-16-10-14-23(18-25)12-8-5-2/h9-10,13-18,26-28,31-36H,4-8,11-12,19-21H2,1-3H3/t26-,27+,28+,29?,30+/m0/s1. The van der Waals surface area contributed by atoms with Gasteiger partial charge in [-0.25, -0.2) is 0 Å². The molecule has 202 valence electrons. The topological polar surface area (TPSA) is 121 Å². The third kappa shape index (κ3) is 7.85. The molecule has 36 heavy (non-hydrogen) atoms. The number of aryl methyl sites for hydroxylation is 2. The van der Waals surface area contributed by atoms with Gasteiger partial charge in [-0.3, -0.25) is 0 Å². The van der Waals surface area contributed by atoms with Crippen molar-refractivity contribution in [1.82, 2.24) is 0 Å². The van der Waals surface area contributed by atoms with Crippen LogP contribution in [0, 0.1) is 0 Å². The molecular weight excluding hydrogens is 456 g/mol. The molecule has 6 nitrogen and oxygen atoms in total. The van der Waals surface area contributed by atoms with Gasteiger partial charge in [-0.1, -0.05) is 82.1 Å². The van der Waals surface area contributed by atoms with Gasteiger partial charge in [0.15, 0.2) is 0 Å². The lowest BCUT2D eigenvalue weighted by Crippen LogP contribution is -2.66. The van der Waals surface area contributed by atoms with E-state index in [0.717, 1.165) is 55.2 Å². The molecule has 2 aromatic carbocycles. The number of unbranched alkanes of at least 4 members (excludes halogenated alkanes) is 2. The van der Waals surface area contributed by atoms with Gasteiger partial charge >= 0.3 is 0 Å². The van der Waals surface area contributed by atoms with Crippen LogP contribution in [0.25, 0.3) is 0 Å². The van der Waals surface area contributed by atoms with Crippen molar-refractivity contribution < 1.29 is 30.6 Å². The van der Waals surface area contributed by atoms with E-state index < -0.39 is 36.1 Å². The highest BCUT2D eigenvalue weighted by atomic mass is 16.4. The average Bonchev–Trinajstić information content (AvgIpc) is 2.89. The molecule has 0 aliphatic heterocycles. The number of rotatable bonds is 16. The summed E-state index contributed by atoms with van der Waals surface area (Å²) in [6.45, 7) is 5.15. The minimum atomic E-state index is -2.31. The van der Waals surface area contributed by atoms with E-state index in [9.17, 15) is 30.6 Å². The highest BCUT2D eigenvalue weighted by molar-refractivity contribution is 5.28. The van der Waals surface area contributed by atoms with Crippen LogP contribution in [0.5, 0.6) is 0 Å². The second-order valence-corrected chi connectivity index (χ2v) is 10.2. The van der Waals surface area contributed by atoms with Crippen LogP contribution in [0.1, 0.15) is 75.1 Å². The predicted octanol–water partition coefficient (Wildman–Crippen LogP) is 3.10. The Balaban J connectivity index is 2.41. The zero-order valence-electron chi connectivity index (χ0n) is 22.1. The SMILES string of the molecule is CCCCc1cccc(CC(O)(CC)[C@@H](O)[C@@](O)(Cc2cccc(CCCC)c2)[C@H](O)[C@@H](O)CO)c1. The Morgan fingerprint density at radius 2 is 1.19 bits per heavy atom. The fraction of sp³-hybridized carbons (Fsp3) is 0.600.